The Hall–Kier alpha value is -1.47. The Balaban J connectivity index is 1.25. The van der Waals surface area contributed by atoms with E-state index in [2.05, 4.69) is 38.7 Å². The lowest BCUT2D eigenvalue weighted by atomic mass is 9.93. The Kier molecular flexibility index (Phi) is 6.31. The van der Waals surface area contributed by atoms with Gasteiger partial charge in [-0.3, -0.25) is 14.6 Å². The first-order valence-corrected chi connectivity index (χ1v) is 11.2. The van der Waals surface area contributed by atoms with Crippen molar-refractivity contribution in [2.24, 2.45) is 5.92 Å². The van der Waals surface area contributed by atoms with Crippen molar-refractivity contribution < 1.29 is 9.32 Å². The zero-order valence-corrected chi connectivity index (χ0v) is 17.5. The molecule has 0 bridgehead atoms. The van der Waals surface area contributed by atoms with Crippen molar-refractivity contribution in [2.75, 3.05) is 39.3 Å². The third-order valence-electron chi connectivity index (χ3n) is 6.65. The zero-order valence-electron chi connectivity index (χ0n) is 17.5. The molecule has 1 aromatic rings. The molecule has 1 amide bonds. The summed E-state index contributed by atoms with van der Waals surface area (Å²) in [5, 5.41) is 4.07. The van der Waals surface area contributed by atoms with Crippen LogP contribution in [0.3, 0.4) is 0 Å². The predicted octanol–water partition coefficient (Wildman–Crippen LogP) is 2.49. The molecule has 0 saturated carbocycles. The average Bonchev–Trinajstić information content (AvgIpc) is 3.40. The maximum Gasteiger partial charge on any atom is 0.240 e. The second-order valence-electron chi connectivity index (χ2n) is 9.07. The van der Waals surface area contributed by atoms with Gasteiger partial charge in [0.05, 0.1) is 12.5 Å². The van der Waals surface area contributed by atoms with Crippen molar-refractivity contribution in [2.45, 2.75) is 70.9 Å². The molecule has 7 nitrogen and oxygen atoms in total. The lowest BCUT2D eigenvalue weighted by molar-refractivity contribution is -0.136. The second kappa shape index (κ2) is 8.91. The molecule has 3 aliphatic heterocycles. The SMILES string of the molecule is CC(C)c1noc(CN2CCC(N3CCC[C@H](C(=O)N4CCCC4)C3)CC2)n1. The topological polar surface area (TPSA) is 65.7 Å². The highest BCUT2D eigenvalue weighted by Crippen LogP contribution is 2.26. The number of carbonyl (C=O) groups excluding carboxylic acids is 1. The van der Waals surface area contributed by atoms with Crippen LogP contribution in [0.25, 0.3) is 0 Å². The summed E-state index contributed by atoms with van der Waals surface area (Å²) in [5.41, 5.74) is 0. The molecule has 1 aromatic heterocycles. The molecule has 4 rings (SSSR count). The molecule has 156 valence electrons. The number of carbonyl (C=O) groups is 1. The molecular weight excluding hydrogens is 354 g/mol. The van der Waals surface area contributed by atoms with Gasteiger partial charge in [-0.25, -0.2) is 0 Å². The van der Waals surface area contributed by atoms with E-state index in [-0.39, 0.29) is 5.92 Å². The van der Waals surface area contributed by atoms with Crippen LogP contribution < -0.4 is 0 Å². The highest BCUT2D eigenvalue weighted by Gasteiger charge is 2.34. The molecule has 28 heavy (non-hydrogen) atoms. The number of amides is 1. The number of hydrogen-bond donors (Lipinski definition) is 0. The van der Waals surface area contributed by atoms with Crippen molar-refractivity contribution in [1.29, 1.82) is 0 Å². The number of nitrogens with zero attached hydrogens (tertiary/aromatic N) is 5. The van der Waals surface area contributed by atoms with Crippen LogP contribution in [0, 0.1) is 5.92 Å². The highest BCUT2D eigenvalue weighted by molar-refractivity contribution is 5.79. The van der Waals surface area contributed by atoms with E-state index in [0.717, 1.165) is 83.2 Å². The summed E-state index contributed by atoms with van der Waals surface area (Å²) in [6.45, 7) is 11.1. The minimum absolute atomic E-state index is 0.220. The van der Waals surface area contributed by atoms with Crippen molar-refractivity contribution in [1.82, 2.24) is 24.8 Å². The summed E-state index contributed by atoms with van der Waals surface area (Å²) in [5.74, 6) is 2.47. The first kappa shape index (κ1) is 19.8. The summed E-state index contributed by atoms with van der Waals surface area (Å²) in [4.78, 5) is 24.4. The van der Waals surface area contributed by atoms with Gasteiger partial charge in [0.1, 0.15) is 0 Å². The fourth-order valence-electron chi connectivity index (χ4n) is 4.94. The minimum Gasteiger partial charge on any atom is -0.342 e. The van der Waals surface area contributed by atoms with E-state index < -0.39 is 0 Å². The van der Waals surface area contributed by atoms with E-state index in [9.17, 15) is 4.79 Å². The molecule has 1 atom stereocenters. The van der Waals surface area contributed by atoms with Crippen LogP contribution in [-0.4, -0.2) is 76.1 Å². The number of aromatic nitrogens is 2. The molecule has 3 fully saturated rings. The van der Waals surface area contributed by atoms with Crippen molar-refractivity contribution in [3.63, 3.8) is 0 Å². The van der Waals surface area contributed by atoms with Crippen LogP contribution in [-0.2, 0) is 11.3 Å². The van der Waals surface area contributed by atoms with Gasteiger partial charge in [-0.1, -0.05) is 19.0 Å². The Labute approximate surface area is 168 Å². The Morgan fingerprint density at radius 2 is 1.82 bits per heavy atom. The van der Waals surface area contributed by atoms with Crippen molar-refractivity contribution in [3.05, 3.63) is 11.7 Å². The van der Waals surface area contributed by atoms with E-state index in [4.69, 9.17) is 4.52 Å². The van der Waals surface area contributed by atoms with Gasteiger partial charge in [0.2, 0.25) is 11.8 Å². The third kappa shape index (κ3) is 4.57. The fraction of sp³-hybridized carbons (Fsp3) is 0.857. The van der Waals surface area contributed by atoms with Gasteiger partial charge in [-0.15, -0.1) is 0 Å². The van der Waals surface area contributed by atoms with Gasteiger partial charge in [0, 0.05) is 44.7 Å². The Morgan fingerprint density at radius 3 is 2.50 bits per heavy atom. The molecule has 0 aliphatic carbocycles. The minimum atomic E-state index is 0.220. The van der Waals surface area contributed by atoms with Gasteiger partial charge in [0.15, 0.2) is 5.82 Å². The van der Waals surface area contributed by atoms with E-state index in [1.165, 1.54) is 12.8 Å². The number of rotatable bonds is 5. The van der Waals surface area contributed by atoms with Gasteiger partial charge in [-0.05, 0) is 45.1 Å². The molecule has 0 N–H and O–H groups in total. The molecule has 0 aromatic carbocycles. The normalized spacial score (nSPS) is 25.7. The number of likely N-dealkylation sites (tertiary alicyclic amines) is 3. The van der Waals surface area contributed by atoms with Crippen LogP contribution in [0.15, 0.2) is 4.52 Å². The number of piperidine rings is 2. The standard InChI is InChI=1S/C21H35N5O2/c1-16(2)20-22-19(28-23-20)15-24-12-7-18(8-13-24)26-11-5-6-17(14-26)21(27)25-9-3-4-10-25/h16-18H,3-15H2,1-2H3/t17-/m0/s1. The summed E-state index contributed by atoms with van der Waals surface area (Å²) in [7, 11) is 0. The lowest BCUT2D eigenvalue weighted by Crippen LogP contribution is -2.51. The average molecular weight is 390 g/mol. The molecule has 7 heteroatoms. The zero-order chi connectivity index (χ0) is 19.5. The largest absolute Gasteiger partial charge is 0.342 e. The fourth-order valence-corrected chi connectivity index (χ4v) is 4.94. The van der Waals surface area contributed by atoms with E-state index >= 15 is 0 Å². The van der Waals surface area contributed by atoms with Gasteiger partial charge in [0.25, 0.3) is 0 Å². The first-order valence-electron chi connectivity index (χ1n) is 11.2. The van der Waals surface area contributed by atoms with Crippen molar-refractivity contribution >= 4 is 5.91 Å². The summed E-state index contributed by atoms with van der Waals surface area (Å²) in [6, 6.07) is 0.610. The van der Waals surface area contributed by atoms with Crippen LogP contribution in [0.1, 0.15) is 70.0 Å². The molecule has 0 radical (unpaired) electrons. The maximum absolute atomic E-state index is 12.8. The smallest absolute Gasteiger partial charge is 0.240 e. The first-order chi connectivity index (χ1) is 13.6. The van der Waals surface area contributed by atoms with E-state index in [1.807, 2.05) is 0 Å². The summed E-state index contributed by atoms with van der Waals surface area (Å²) < 4.78 is 5.41. The maximum atomic E-state index is 12.8. The second-order valence-corrected chi connectivity index (χ2v) is 9.07. The molecule has 0 unspecified atom stereocenters. The molecular formula is C21H35N5O2. The van der Waals surface area contributed by atoms with Gasteiger partial charge >= 0.3 is 0 Å². The molecule has 3 aliphatic rings. The summed E-state index contributed by atoms with van der Waals surface area (Å²) >= 11 is 0. The lowest BCUT2D eigenvalue weighted by Gasteiger charge is -2.42. The molecule has 3 saturated heterocycles. The molecule has 4 heterocycles. The summed E-state index contributed by atoms with van der Waals surface area (Å²) in [6.07, 6.45) is 6.91. The quantitative estimate of drug-likeness (QED) is 0.771. The van der Waals surface area contributed by atoms with Crippen LogP contribution in [0.4, 0.5) is 0 Å². The highest BCUT2D eigenvalue weighted by atomic mass is 16.5. The van der Waals surface area contributed by atoms with E-state index in [0.29, 0.717) is 17.9 Å². The number of hydrogen-bond acceptors (Lipinski definition) is 6. The van der Waals surface area contributed by atoms with E-state index in [1.54, 1.807) is 0 Å². The van der Waals surface area contributed by atoms with Gasteiger partial charge in [-0.2, -0.15) is 4.98 Å². The van der Waals surface area contributed by atoms with Crippen LogP contribution >= 0.6 is 0 Å². The monoisotopic (exact) mass is 389 g/mol. The Morgan fingerprint density at radius 1 is 1.07 bits per heavy atom. The van der Waals surface area contributed by atoms with Crippen molar-refractivity contribution in [3.8, 4) is 0 Å². The van der Waals surface area contributed by atoms with Crippen LogP contribution in [0.2, 0.25) is 0 Å². The van der Waals surface area contributed by atoms with Gasteiger partial charge < -0.3 is 9.42 Å². The Bertz CT molecular complexity index is 647. The van der Waals surface area contributed by atoms with Crippen LogP contribution in [0.5, 0.6) is 0 Å². The molecule has 0 spiro atoms. The third-order valence-corrected chi connectivity index (χ3v) is 6.65. The predicted molar refractivity (Wildman–Crippen MR) is 107 cm³/mol.